The third-order valence-electron chi connectivity index (χ3n) is 6.88. The first kappa shape index (κ1) is 28.8. The molecule has 1 aliphatic heterocycles. The zero-order chi connectivity index (χ0) is 29.5. The Morgan fingerprint density at radius 3 is 2.29 bits per heavy atom. The average Bonchev–Trinajstić information content (AvgIpc) is 3.03. The third kappa shape index (κ3) is 6.62. The van der Waals surface area contributed by atoms with Crippen molar-refractivity contribution in [2.45, 2.75) is 24.0 Å². The van der Waals surface area contributed by atoms with E-state index in [4.69, 9.17) is 9.47 Å². The number of rotatable bonds is 10. The Labute approximate surface area is 245 Å². The maximum atomic E-state index is 13.9. The summed E-state index contributed by atoms with van der Waals surface area (Å²) in [6.45, 7) is 0.434. The molecule has 4 aromatic carbocycles. The fraction of sp³-hybridized carbons (Fsp3) is 0.188. The number of para-hydroxylation sites is 2. The molecule has 1 aliphatic rings. The van der Waals surface area contributed by atoms with Gasteiger partial charge in [-0.2, -0.15) is 0 Å². The molecule has 42 heavy (non-hydrogen) atoms. The first-order valence-electron chi connectivity index (χ1n) is 13.5. The number of anilines is 1. The average molecular weight is 586 g/mol. The Hall–Kier alpha value is -4.67. The van der Waals surface area contributed by atoms with Crippen molar-refractivity contribution in [3.05, 3.63) is 120 Å². The molecule has 0 aliphatic carbocycles. The van der Waals surface area contributed by atoms with E-state index in [1.807, 2.05) is 60.7 Å². The van der Waals surface area contributed by atoms with Gasteiger partial charge in [-0.1, -0.05) is 72.8 Å². The van der Waals surface area contributed by atoms with Gasteiger partial charge in [0, 0.05) is 18.7 Å². The van der Waals surface area contributed by atoms with Gasteiger partial charge in [0.25, 0.3) is 11.8 Å². The number of ether oxygens (including phenoxy) is 2. The van der Waals surface area contributed by atoms with Crippen LogP contribution in [0.5, 0.6) is 11.5 Å². The van der Waals surface area contributed by atoms with Crippen LogP contribution in [0.25, 0.3) is 0 Å². The number of methoxy groups -OCH3 is 1. The van der Waals surface area contributed by atoms with Crippen LogP contribution >= 0.6 is 0 Å². The number of hydrogen-bond acceptors (Lipinski definition) is 6. The number of nitrogens with zero attached hydrogens (tertiary/aromatic N) is 1. The number of carbonyl (C=O) groups excluding carboxylic acids is 2. The lowest BCUT2D eigenvalue weighted by molar-refractivity contribution is -0.127. The van der Waals surface area contributed by atoms with Gasteiger partial charge in [0.15, 0.2) is 6.10 Å². The summed E-state index contributed by atoms with van der Waals surface area (Å²) < 4.78 is 40.4. The smallest absolute Gasteiger partial charge is 0.262 e. The minimum Gasteiger partial charge on any atom is -0.495 e. The molecule has 216 valence electrons. The number of hydrogen-bond donors (Lipinski definition) is 2. The highest BCUT2D eigenvalue weighted by Gasteiger charge is 2.34. The van der Waals surface area contributed by atoms with Crippen molar-refractivity contribution < 1.29 is 27.5 Å². The largest absolute Gasteiger partial charge is 0.495 e. The van der Waals surface area contributed by atoms with Crippen LogP contribution in [0.2, 0.25) is 0 Å². The Morgan fingerprint density at radius 1 is 0.905 bits per heavy atom. The monoisotopic (exact) mass is 585 g/mol. The maximum Gasteiger partial charge on any atom is 0.262 e. The van der Waals surface area contributed by atoms with Crippen LogP contribution in [0, 0.1) is 0 Å². The molecule has 0 aromatic heterocycles. The summed E-state index contributed by atoms with van der Waals surface area (Å²) in [7, 11) is -2.67. The predicted octanol–water partition coefficient (Wildman–Crippen LogP) is 3.94. The molecule has 0 spiro atoms. The number of nitrogens with one attached hydrogen (secondary N) is 2. The molecule has 2 N–H and O–H groups in total. The van der Waals surface area contributed by atoms with Crippen LogP contribution in [-0.4, -0.2) is 46.5 Å². The number of benzene rings is 4. The van der Waals surface area contributed by atoms with Gasteiger partial charge in [0.05, 0.1) is 19.3 Å². The van der Waals surface area contributed by atoms with Gasteiger partial charge in [-0.3, -0.25) is 9.59 Å². The molecule has 0 radical (unpaired) electrons. The molecule has 2 amide bonds. The molecule has 10 heteroatoms. The van der Waals surface area contributed by atoms with Gasteiger partial charge < -0.3 is 19.7 Å². The van der Waals surface area contributed by atoms with E-state index in [0.29, 0.717) is 24.4 Å². The zero-order valence-corrected chi connectivity index (χ0v) is 23.8. The summed E-state index contributed by atoms with van der Waals surface area (Å²) in [5.41, 5.74) is 2.48. The Morgan fingerprint density at radius 2 is 1.57 bits per heavy atom. The number of fused-ring (bicyclic) bond motifs is 1. The summed E-state index contributed by atoms with van der Waals surface area (Å²) in [6, 6.07) is 30.1. The summed E-state index contributed by atoms with van der Waals surface area (Å²) in [5, 5.41) is 2.90. The van der Waals surface area contributed by atoms with E-state index in [1.165, 1.54) is 30.2 Å². The second kappa shape index (κ2) is 12.9. The molecule has 0 fully saturated rings. The summed E-state index contributed by atoms with van der Waals surface area (Å²) in [5.74, 6) is -0.340. The van der Waals surface area contributed by atoms with Crippen LogP contribution in [-0.2, 0) is 27.8 Å². The fourth-order valence-corrected chi connectivity index (χ4v) is 5.89. The molecule has 1 atom stereocenters. The Kier molecular flexibility index (Phi) is 8.85. The van der Waals surface area contributed by atoms with Crippen LogP contribution in [0.4, 0.5) is 5.69 Å². The summed E-state index contributed by atoms with van der Waals surface area (Å²) in [4.78, 5) is 28.2. The zero-order valence-electron chi connectivity index (χ0n) is 23.0. The number of sulfonamides is 1. The normalized spacial score (nSPS) is 14.4. The lowest BCUT2D eigenvalue weighted by Gasteiger charge is -2.34. The molecule has 0 saturated heterocycles. The van der Waals surface area contributed by atoms with Crippen molar-refractivity contribution in [3.8, 4) is 11.5 Å². The molecular formula is C32H31N3O6S. The highest BCUT2D eigenvalue weighted by atomic mass is 32.2. The lowest BCUT2D eigenvalue weighted by Crippen LogP contribution is -2.51. The highest BCUT2D eigenvalue weighted by Crippen LogP contribution is 2.35. The Balaban J connectivity index is 1.36. The molecule has 9 nitrogen and oxygen atoms in total. The molecule has 1 heterocycles. The van der Waals surface area contributed by atoms with Crippen LogP contribution < -0.4 is 24.4 Å². The van der Waals surface area contributed by atoms with E-state index in [9.17, 15) is 18.0 Å². The first-order chi connectivity index (χ1) is 20.4. The molecule has 5 rings (SSSR count). The molecule has 0 unspecified atom stereocenters. The third-order valence-corrected chi connectivity index (χ3v) is 8.30. The van der Waals surface area contributed by atoms with Crippen molar-refractivity contribution in [2.24, 2.45) is 0 Å². The van der Waals surface area contributed by atoms with Crippen molar-refractivity contribution in [3.63, 3.8) is 0 Å². The van der Waals surface area contributed by atoms with E-state index in [2.05, 4.69) is 10.0 Å². The van der Waals surface area contributed by atoms with Crippen LogP contribution in [0.3, 0.4) is 0 Å². The lowest BCUT2D eigenvalue weighted by atomic mass is 10.1. The first-order valence-corrected chi connectivity index (χ1v) is 14.9. The fourth-order valence-electron chi connectivity index (χ4n) is 4.68. The molecule has 0 saturated carbocycles. The minimum atomic E-state index is -4.04. The molecular weight excluding hydrogens is 554 g/mol. The van der Waals surface area contributed by atoms with Gasteiger partial charge in [0.2, 0.25) is 10.0 Å². The van der Waals surface area contributed by atoms with Crippen molar-refractivity contribution in [1.29, 1.82) is 0 Å². The standard InChI is InChI=1S/C32H31N3O6S/c1-40-28-17-16-25(20-30(28)42(38,39)34-21-24-12-6-3-7-13-24)32(37)35-22-29(41-27-15-9-8-14-26(27)35)31(36)33-19-18-23-10-4-2-5-11-23/h2-17,20,29,34H,18-19,21-22H2,1H3,(H,33,36)/t29-/m1/s1. The number of carbonyl (C=O) groups is 2. The van der Waals surface area contributed by atoms with E-state index < -0.39 is 22.0 Å². The van der Waals surface area contributed by atoms with Gasteiger partial charge in [0.1, 0.15) is 16.4 Å². The highest BCUT2D eigenvalue weighted by molar-refractivity contribution is 7.89. The second-order valence-corrected chi connectivity index (χ2v) is 11.4. The summed E-state index contributed by atoms with van der Waals surface area (Å²) >= 11 is 0. The van der Waals surface area contributed by atoms with Crippen LogP contribution in [0.1, 0.15) is 21.5 Å². The van der Waals surface area contributed by atoms with Crippen molar-refractivity contribution in [2.75, 3.05) is 25.1 Å². The van der Waals surface area contributed by atoms with Gasteiger partial charge in [-0.05, 0) is 47.9 Å². The molecule has 0 bridgehead atoms. The van der Waals surface area contributed by atoms with E-state index in [0.717, 1.165) is 11.1 Å². The van der Waals surface area contributed by atoms with E-state index in [-0.39, 0.29) is 35.2 Å². The van der Waals surface area contributed by atoms with Gasteiger partial charge in [-0.25, -0.2) is 13.1 Å². The maximum absolute atomic E-state index is 13.9. The summed E-state index contributed by atoms with van der Waals surface area (Å²) in [6.07, 6.45) is -0.298. The van der Waals surface area contributed by atoms with Crippen LogP contribution in [0.15, 0.2) is 108 Å². The van der Waals surface area contributed by atoms with Gasteiger partial charge in [-0.15, -0.1) is 0 Å². The van der Waals surface area contributed by atoms with Gasteiger partial charge >= 0.3 is 0 Å². The topological polar surface area (TPSA) is 114 Å². The Bertz CT molecular complexity index is 1660. The molecule has 4 aromatic rings. The van der Waals surface area contributed by atoms with Crippen molar-refractivity contribution in [1.82, 2.24) is 10.0 Å². The quantitative estimate of drug-likeness (QED) is 0.292. The minimum absolute atomic E-state index is 0.0482. The SMILES string of the molecule is COc1ccc(C(=O)N2C[C@H](C(=O)NCCc3ccccc3)Oc3ccccc32)cc1S(=O)(=O)NCc1ccccc1. The second-order valence-electron chi connectivity index (χ2n) is 9.69. The number of amides is 2. The predicted molar refractivity (Wildman–Crippen MR) is 159 cm³/mol. The van der Waals surface area contributed by atoms with E-state index >= 15 is 0 Å². The van der Waals surface area contributed by atoms with E-state index in [1.54, 1.807) is 24.3 Å². The van der Waals surface area contributed by atoms with Crippen molar-refractivity contribution >= 4 is 27.5 Å².